The van der Waals surface area contributed by atoms with E-state index < -0.39 is 34.7 Å². The second-order valence-corrected chi connectivity index (χ2v) is 13.1. The highest BCUT2D eigenvalue weighted by molar-refractivity contribution is 6.30. The maximum absolute atomic E-state index is 13.6. The van der Waals surface area contributed by atoms with Gasteiger partial charge in [-0.25, -0.2) is 19.3 Å². The molecule has 10 nitrogen and oxygen atoms in total. The second kappa shape index (κ2) is 16.1. The third-order valence-electron chi connectivity index (χ3n) is 7.72. The van der Waals surface area contributed by atoms with Crippen molar-refractivity contribution in [2.75, 3.05) is 0 Å². The molecule has 0 saturated carbocycles. The normalized spacial score (nSPS) is 14.0. The van der Waals surface area contributed by atoms with Crippen LogP contribution in [0.4, 0.5) is 26.3 Å². The molecule has 0 fully saturated rings. The summed E-state index contributed by atoms with van der Waals surface area (Å²) in [6.07, 6.45) is -4.24. The average Bonchev–Trinajstić information content (AvgIpc) is 3.80. The number of alkyl halides is 6. The first-order valence-electron chi connectivity index (χ1n) is 15.7. The summed E-state index contributed by atoms with van der Waals surface area (Å²) in [4.78, 5) is 7.45. The molecule has 0 aliphatic heterocycles. The van der Waals surface area contributed by atoms with Crippen LogP contribution in [0.2, 0.25) is 10.0 Å². The first-order chi connectivity index (χ1) is 25.3. The minimum absolute atomic E-state index is 0.00930. The number of aliphatic hydroxyl groups is 2. The molecule has 6 rings (SSSR count). The standard InChI is InChI=1S/2C18H15ClF3N3O2/c2*1-17(26,9-25-11-23-10-24-25)15-7-6-14(8-16(15)18(20,21)22)27-13-4-2-12(19)3-5-13/h2*2-8,10-11,26H,9H2,1H3/t2*17-/m10/s1. The van der Waals surface area contributed by atoms with Gasteiger partial charge in [-0.15, -0.1) is 0 Å². The Hall–Kier alpha value is -5.16. The lowest BCUT2D eigenvalue weighted by molar-refractivity contribution is -0.141. The predicted octanol–water partition coefficient (Wildman–Crippen LogP) is 9.30. The van der Waals surface area contributed by atoms with Crippen molar-refractivity contribution in [1.82, 2.24) is 29.5 Å². The first-order valence-corrected chi connectivity index (χ1v) is 16.5. The first kappa shape index (κ1) is 40.0. The van der Waals surface area contributed by atoms with E-state index in [1.54, 1.807) is 48.5 Å². The van der Waals surface area contributed by atoms with E-state index in [1.165, 1.54) is 72.8 Å². The Morgan fingerprint density at radius 3 is 1.17 bits per heavy atom. The Morgan fingerprint density at radius 2 is 0.870 bits per heavy atom. The van der Waals surface area contributed by atoms with E-state index in [9.17, 15) is 36.6 Å². The fourth-order valence-corrected chi connectivity index (χ4v) is 5.54. The highest BCUT2D eigenvalue weighted by Crippen LogP contribution is 2.41. The van der Waals surface area contributed by atoms with Crippen LogP contribution in [0.1, 0.15) is 36.1 Å². The number of hydrogen-bond acceptors (Lipinski definition) is 8. The molecule has 2 heterocycles. The van der Waals surface area contributed by atoms with Crippen molar-refractivity contribution < 1.29 is 46.0 Å². The van der Waals surface area contributed by atoms with Crippen molar-refractivity contribution in [1.29, 1.82) is 0 Å². The number of halogens is 8. The molecule has 284 valence electrons. The maximum atomic E-state index is 13.6. The lowest BCUT2D eigenvalue weighted by Crippen LogP contribution is -2.31. The van der Waals surface area contributed by atoms with Gasteiger partial charge in [0.1, 0.15) is 59.5 Å². The summed E-state index contributed by atoms with van der Waals surface area (Å²) in [7, 11) is 0. The maximum Gasteiger partial charge on any atom is 0.416 e. The van der Waals surface area contributed by atoms with E-state index in [0.717, 1.165) is 12.1 Å². The van der Waals surface area contributed by atoms with Crippen LogP contribution in [-0.2, 0) is 36.6 Å². The van der Waals surface area contributed by atoms with Crippen molar-refractivity contribution in [3.8, 4) is 23.0 Å². The molecule has 0 amide bonds. The van der Waals surface area contributed by atoms with Gasteiger partial charge in [-0.1, -0.05) is 35.3 Å². The molecule has 0 spiro atoms. The third-order valence-corrected chi connectivity index (χ3v) is 8.23. The van der Waals surface area contributed by atoms with Crippen LogP contribution < -0.4 is 9.47 Å². The van der Waals surface area contributed by atoms with Crippen molar-refractivity contribution in [2.24, 2.45) is 0 Å². The van der Waals surface area contributed by atoms with Gasteiger partial charge in [0.05, 0.1) is 24.2 Å². The van der Waals surface area contributed by atoms with Gasteiger partial charge in [-0.2, -0.15) is 36.5 Å². The molecule has 18 heteroatoms. The van der Waals surface area contributed by atoms with Crippen LogP contribution in [0.3, 0.4) is 0 Å². The van der Waals surface area contributed by atoms with Crippen LogP contribution >= 0.6 is 23.2 Å². The Labute approximate surface area is 314 Å². The van der Waals surface area contributed by atoms with Gasteiger partial charge < -0.3 is 19.7 Å². The largest absolute Gasteiger partial charge is 0.457 e. The lowest BCUT2D eigenvalue weighted by atomic mass is 9.90. The number of aromatic nitrogens is 6. The van der Waals surface area contributed by atoms with Gasteiger partial charge in [0, 0.05) is 10.0 Å². The fourth-order valence-electron chi connectivity index (χ4n) is 5.29. The fraction of sp³-hybridized carbons (Fsp3) is 0.222. The Balaban J connectivity index is 0.000000208. The summed E-state index contributed by atoms with van der Waals surface area (Å²) in [5.74, 6) is 0.666. The van der Waals surface area contributed by atoms with Gasteiger partial charge in [-0.3, -0.25) is 0 Å². The molecular formula is C36H30Cl2F6N6O4. The summed E-state index contributed by atoms with van der Waals surface area (Å²) in [5.41, 5.74) is -6.18. The number of nitrogens with zero attached hydrogens (tertiary/aromatic N) is 6. The zero-order valence-electron chi connectivity index (χ0n) is 28.2. The Kier molecular flexibility index (Phi) is 11.9. The smallest absolute Gasteiger partial charge is 0.416 e. The average molecular weight is 796 g/mol. The molecule has 0 radical (unpaired) electrons. The monoisotopic (exact) mass is 794 g/mol. The van der Waals surface area contributed by atoms with Crippen LogP contribution in [0, 0.1) is 0 Å². The molecule has 0 unspecified atom stereocenters. The van der Waals surface area contributed by atoms with E-state index >= 15 is 0 Å². The highest BCUT2D eigenvalue weighted by Gasteiger charge is 2.41. The van der Waals surface area contributed by atoms with Crippen LogP contribution in [0.15, 0.2) is 110 Å². The number of hydrogen-bond donors (Lipinski definition) is 2. The summed E-state index contributed by atoms with van der Waals surface area (Å²) in [6, 6.07) is 19.3. The third kappa shape index (κ3) is 10.5. The zero-order chi connectivity index (χ0) is 39.3. The molecule has 2 aromatic heterocycles. The summed E-state index contributed by atoms with van der Waals surface area (Å²) < 4.78 is 95.1. The summed E-state index contributed by atoms with van der Waals surface area (Å²) >= 11 is 11.6. The number of ether oxygens (including phenoxy) is 2. The minimum atomic E-state index is -4.68. The number of benzene rings is 4. The SMILES string of the molecule is C[C@@](O)(Cn1cncn1)c1ccc(Oc2ccc(Cl)cc2)cc1C(F)(F)F.C[C@](O)(Cn1cncn1)c1ccc(Oc2ccc(Cl)cc2)cc1C(F)(F)F. The quantitative estimate of drug-likeness (QED) is 0.132. The van der Waals surface area contributed by atoms with Crippen LogP contribution in [0.25, 0.3) is 0 Å². The number of rotatable bonds is 10. The molecule has 0 saturated heterocycles. The van der Waals surface area contributed by atoms with Crippen molar-refractivity contribution >= 4 is 23.2 Å². The Morgan fingerprint density at radius 1 is 0.537 bits per heavy atom. The summed E-state index contributed by atoms with van der Waals surface area (Å²) in [6.45, 7) is 2.21. The molecule has 4 aromatic carbocycles. The van der Waals surface area contributed by atoms with E-state index in [-0.39, 0.29) is 35.7 Å². The zero-order valence-corrected chi connectivity index (χ0v) is 29.7. The minimum Gasteiger partial charge on any atom is -0.457 e. The molecule has 54 heavy (non-hydrogen) atoms. The Bertz CT molecular complexity index is 1970. The molecule has 6 aromatic rings. The van der Waals surface area contributed by atoms with Crippen molar-refractivity contribution in [2.45, 2.75) is 50.5 Å². The van der Waals surface area contributed by atoms with E-state index in [2.05, 4.69) is 20.2 Å². The molecular weight excluding hydrogens is 765 g/mol. The van der Waals surface area contributed by atoms with Crippen molar-refractivity contribution in [3.05, 3.63) is 143 Å². The highest BCUT2D eigenvalue weighted by atomic mass is 35.5. The van der Waals surface area contributed by atoms with Gasteiger partial charge in [0.15, 0.2) is 0 Å². The van der Waals surface area contributed by atoms with Gasteiger partial charge in [0.25, 0.3) is 0 Å². The molecule has 0 aliphatic rings. The van der Waals surface area contributed by atoms with E-state index in [0.29, 0.717) is 21.5 Å². The van der Waals surface area contributed by atoms with Gasteiger partial charge in [-0.05, 0) is 97.8 Å². The van der Waals surface area contributed by atoms with Crippen LogP contribution in [0.5, 0.6) is 23.0 Å². The molecule has 2 atom stereocenters. The van der Waals surface area contributed by atoms with Crippen LogP contribution in [-0.4, -0.2) is 39.7 Å². The molecule has 2 N–H and O–H groups in total. The van der Waals surface area contributed by atoms with Crippen molar-refractivity contribution in [3.63, 3.8) is 0 Å². The topological polar surface area (TPSA) is 120 Å². The van der Waals surface area contributed by atoms with E-state index in [4.69, 9.17) is 32.7 Å². The predicted molar refractivity (Wildman–Crippen MR) is 185 cm³/mol. The summed E-state index contributed by atoms with van der Waals surface area (Å²) in [5, 5.41) is 30.0. The van der Waals surface area contributed by atoms with E-state index in [1.807, 2.05) is 0 Å². The lowest BCUT2D eigenvalue weighted by Gasteiger charge is -2.27. The molecule has 0 bridgehead atoms. The van der Waals surface area contributed by atoms with Gasteiger partial charge in [0.2, 0.25) is 0 Å². The second-order valence-electron chi connectivity index (χ2n) is 12.3. The molecule has 0 aliphatic carbocycles. The van der Waals surface area contributed by atoms with Gasteiger partial charge >= 0.3 is 12.4 Å².